The van der Waals surface area contributed by atoms with Gasteiger partial charge in [0.2, 0.25) is 0 Å². The molecule has 1 atom stereocenters. The van der Waals surface area contributed by atoms with Crippen molar-refractivity contribution in [3.8, 4) is 0 Å². The van der Waals surface area contributed by atoms with Crippen LogP contribution in [0.15, 0.2) is 40.1 Å². The largest absolute Gasteiger partial charge is 0.383 e. The lowest BCUT2D eigenvalue weighted by Crippen LogP contribution is -2.40. The number of aliphatic imine (C=N–C) groups is 1. The normalized spacial score (nSPS) is 21.2. The summed E-state index contributed by atoms with van der Waals surface area (Å²) in [5, 5.41) is 16.2. The van der Waals surface area contributed by atoms with Gasteiger partial charge >= 0.3 is 0 Å². The molecule has 0 radical (unpaired) electrons. The van der Waals surface area contributed by atoms with E-state index in [-0.39, 0.29) is 5.71 Å². The van der Waals surface area contributed by atoms with E-state index < -0.39 is 6.04 Å². The van der Waals surface area contributed by atoms with E-state index in [4.69, 9.17) is 22.3 Å². The molecule has 0 aromatic carbocycles. The summed E-state index contributed by atoms with van der Waals surface area (Å²) >= 11 is 0. The number of nitrogens with one attached hydrogen (secondary N) is 2. The Hall–Kier alpha value is -2.01. The first-order chi connectivity index (χ1) is 9.50. The van der Waals surface area contributed by atoms with E-state index in [9.17, 15) is 0 Å². The van der Waals surface area contributed by atoms with Crippen molar-refractivity contribution in [2.24, 2.45) is 16.5 Å². The molecular formula is C15H21N5. The zero-order valence-corrected chi connectivity index (χ0v) is 11.7. The minimum Gasteiger partial charge on any atom is -0.383 e. The smallest absolute Gasteiger partial charge is 0.128 e. The van der Waals surface area contributed by atoms with Crippen LogP contribution in [0.3, 0.4) is 0 Å². The van der Waals surface area contributed by atoms with Crippen molar-refractivity contribution in [3.63, 3.8) is 0 Å². The maximum atomic E-state index is 8.27. The van der Waals surface area contributed by atoms with Gasteiger partial charge in [0.05, 0.1) is 11.8 Å². The van der Waals surface area contributed by atoms with Gasteiger partial charge in [-0.15, -0.1) is 0 Å². The molecule has 5 heteroatoms. The molecule has 0 aromatic rings. The monoisotopic (exact) mass is 271 g/mol. The summed E-state index contributed by atoms with van der Waals surface area (Å²) in [6.45, 7) is 1.98. The van der Waals surface area contributed by atoms with Crippen LogP contribution in [0.4, 0.5) is 0 Å². The van der Waals surface area contributed by atoms with E-state index in [0.29, 0.717) is 29.1 Å². The van der Waals surface area contributed by atoms with Gasteiger partial charge < -0.3 is 22.3 Å². The molecule has 1 unspecified atom stereocenters. The summed E-state index contributed by atoms with van der Waals surface area (Å²) in [6, 6.07) is -0.622. The molecule has 0 fully saturated rings. The third kappa shape index (κ3) is 2.93. The fourth-order valence-electron chi connectivity index (χ4n) is 2.35. The molecule has 0 aromatic heterocycles. The highest BCUT2D eigenvalue weighted by molar-refractivity contribution is 6.26. The Labute approximate surface area is 119 Å². The molecule has 106 valence electrons. The van der Waals surface area contributed by atoms with Crippen molar-refractivity contribution in [2.45, 2.75) is 38.6 Å². The number of hydrogen-bond donors (Lipinski definition) is 4. The quantitative estimate of drug-likeness (QED) is 0.589. The molecule has 1 aliphatic carbocycles. The van der Waals surface area contributed by atoms with Crippen molar-refractivity contribution in [3.05, 3.63) is 35.1 Å². The fourth-order valence-corrected chi connectivity index (χ4v) is 2.35. The van der Waals surface area contributed by atoms with Crippen LogP contribution in [-0.4, -0.2) is 23.3 Å². The summed E-state index contributed by atoms with van der Waals surface area (Å²) in [7, 11) is 0. The lowest BCUT2D eigenvalue weighted by atomic mass is 9.88. The molecule has 0 spiro atoms. The predicted molar refractivity (Wildman–Crippen MR) is 83.4 cm³/mol. The molecule has 1 aliphatic heterocycles. The second kappa shape index (κ2) is 5.96. The Morgan fingerprint density at radius 1 is 1.40 bits per heavy atom. The third-order valence-corrected chi connectivity index (χ3v) is 3.60. The standard InChI is InChI=1S/C15H21N5/c1-9-6-7-11(15(19)20-8-9)14(18)13(17)10-4-2-3-5-12(10)16/h4,7-8,14,16-17H,2-3,5-6,18H2,1H3,(H2,19,20). The van der Waals surface area contributed by atoms with Crippen molar-refractivity contribution in [1.29, 1.82) is 10.8 Å². The zero-order valence-electron chi connectivity index (χ0n) is 11.7. The van der Waals surface area contributed by atoms with Crippen LogP contribution in [0.25, 0.3) is 0 Å². The van der Waals surface area contributed by atoms with Gasteiger partial charge in [-0.3, -0.25) is 0 Å². The molecule has 1 heterocycles. The summed E-state index contributed by atoms with van der Waals surface area (Å²) < 4.78 is 0. The van der Waals surface area contributed by atoms with Gasteiger partial charge in [-0.1, -0.05) is 17.7 Å². The van der Waals surface area contributed by atoms with Crippen LogP contribution in [0.5, 0.6) is 0 Å². The topological polar surface area (TPSA) is 112 Å². The highest BCUT2D eigenvalue weighted by Gasteiger charge is 2.24. The minimum absolute atomic E-state index is 0.263. The number of allylic oxidation sites excluding steroid dienone is 3. The summed E-state index contributed by atoms with van der Waals surface area (Å²) in [6.07, 6.45) is 8.92. The Bertz CT molecular complexity index is 563. The zero-order chi connectivity index (χ0) is 14.7. The van der Waals surface area contributed by atoms with Gasteiger partial charge in [0.25, 0.3) is 0 Å². The SMILES string of the molecule is CC1=CN=C(N)C(C(N)C(=N)C2=CCCCC2=N)=CC1. The van der Waals surface area contributed by atoms with Crippen molar-refractivity contribution in [1.82, 2.24) is 0 Å². The molecule has 0 saturated carbocycles. The Morgan fingerprint density at radius 3 is 2.85 bits per heavy atom. The molecule has 6 N–H and O–H groups in total. The Morgan fingerprint density at radius 2 is 2.15 bits per heavy atom. The number of nitrogens with zero attached hydrogens (tertiary/aromatic N) is 1. The van der Waals surface area contributed by atoms with E-state index >= 15 is 0 Å². The van der Waals surface area contributed by atoms with E-state index in [2.05, 4.69) is 4.99 Å². The molecular weight excluding hydrogens is 250 g/mol. The molecule has 0 bridgehead atoms. The molecule has 0 amide bonds. The molecule has 0 saturated heterocycles. The van der Waals surface area contributed by atoms with Crippen LogP contribution in [0, 0.1) is 10.8 Å². The van der Waals surface area contributed by atoms with E-state index in [0.717, 1.165) is 24.8 Å². The van der Waals surface area contributed by atoms with E-state index in [1.54, 1.807) is 6.20 Å². The second-order valence-corrected chi connectivity index (χ2v) is 5.23. The number of rotatable bonds is 3. The minimum atomic E-state index is -0.622. The number of hydrogen-bond acceptors (Lipinski definition) is 5. The summed E-state index contributed by atoms with van der Waals surface area (Å²) in [4.78, 5) is 4.17. The van der Waals surface area contributed by atoms with Gasteiger partial charge in [0, 0.05) is 23.1 Å². The van der Waals surface area contributed by atoms with Gasteiger partial charge in [-0.05, 0) is 32.6 Å². The van der Waals surface area contributed by atoms with Crippen molar-refractivity contribution in [2.75, 3.05) is 0 Å². The average Bonchev–Trinajstić information content (AvgIpc) is 2.60. The van der Waals surface area contributed by atoms with Crippen LogP contribution in [0.1, 0.15) is 32.6 Å². The first-order valence-electron chi connectivity index (χ1n) is 6.82. The summed E-state index contributed by atoms with van der Waals surface area (Å²) in [5.41, 5.74) is 15.3. The molecule has 2 rings (SSSR count). The maximum absolute atomic E-state index is 8.27. The molecule has 2 aliphatic rings. The van der Waals surface area contributed by atoms with Gasteiger partial charge in [-0.2, -0.15) is 0 Å². The van der Waals surface area contributed by atoms with E-state index in [1.807, 2.05) is 19.1 Å². The Kier molecular flexibility index (Phi) is 4.29. The van der Waals surface area contributed by atoms with Crippen LogP contribution in [0.2, 0.25) is 0 Å². The second-order valence-electron chi connectivity index (χ2n) is 5.23. The average molecular weight is 271 g/mol. The maximum Gasteiger partial charge on any atom is 0.128 e. The first-order valence-corrected chi connectivity index (χ1v) is 6.82. The lowest BCUT2D eigenvalue weighted by Gasteiger charge is -2.21. The highest BCUT2D eigenvalue weighted by Crippen LogP contribution is 2.20. The molecule has 5 nitrogen and oxygen atoms in total. The van der Waals surface area contributed by atoms with Crippen LogP contribution in [-0.2, 0) is 0 Å². The lowest BCUT2D eigenvalue weighted by molar-refractivity contribution is 0.865. The number of amidine groups is 1. The predicted octanol–water partition coefficient (Wildman–Crippen LogP) is 2.05. The third-order valence-electron chi connectivity index (χ3n) is 3.60. The van der Waals surface area contributed by atoms with Crippen molar-refractivity contribution < 1.29 is 0 Å². The first kappa shape index (κ1) is 14.4. The number of nitrogens with two attached hydrogens (primary N) is 2. The fraction of sp³-hybridized carbons (Fsp3) is 0.400. The van der Waals surface area contributed by atoms with Crippen LogP contribution >= 0.6 is 0 Å². The summed E-state index contributed by atoms with van der Waals surface area (Å²) in [5.74, 6) is 0.363. The van der Waals surface area contributed by atoms with Gasteiger partial charge in [-0.25, -0.2) is 4.99 Å². The van der Waals surface area contributed by atoms with E-state index in [1.165, 1.54) is 0 Å². The van der Waals surface area contributed by atoms with Crippen molar-refractivity contribution >= 4 is 17.3 Å². The Balaban J connectivity index is 2.23. The van der Waals surface area contributed by atoms with Crippen LogP contribution < -0.4 is 11.5 Å². The highest BCUT2D eigenvalue weighted by atomic mass is 14.9. The van der Waals surface area contributed by atoms with Gasteiger partial charge in [0.15, 0.2) is 0 Å². The van der Waals surface area contributed by atoms with Gasteiger partial charge in [0.1, 0.15) is 5.84 Å². The molecule has 20 heavy (non-hydrogen) atoms.